The molecule has 1 aliphatic rings. The van der Waals surface area contributed by atoms with Gasteiger partial charge in [0.05, 0.1) is 13.2 Å². The summed E-state index contributed by atoms with van der Waals surface area (Å²) in [5, 5.41) is 2.85. The van der Waals surface area contributed by atoms with Gasteiger partial charge >= 0.3 is 0 Å². The smallest absolute Gasteiger partial charge is 0.261 e. The van der Waals surface area contributed by atoms with E-state index in [4.69, 9.17) is 4.74 Å². The van der Waals surface area contributed by atoms with Gasteiger partial charge in [-0.05, 0) is 43.7 Å². The van der Waals surface area contributed by atoms with Crippen LogP contribution in [0.25, 0.3) is 0 Å². The number of pyridine rings is 1. The molecule has 1 aliphatic heterocycles. The molecule has 1 amide bonds. The van der Waals surface area contributed by atoms with Gasteiger partial charge in [0, 0.05) is 30.2 Å². The number of anilines is 2. The summed E-state index contributed by atoms with van der Waals surface area (Å²) in [7, 11) is 0. The molecule has 0 radical (unpaired) electrons. The molecule has 24 heavy (non-hydrogen) atoms. The van der Waals surface area contributed by atoms with Crippen molar-refractivity contribution in [1.82, 2.24) is 4.98 Å². The Bertz CT molecular complexity index is 807. The number of carbonyl (C=O) groups excluding carboxylic acids is 1. The predicted molar refractivity (Wildman–Crippen MR) is 94.0 cm³/mol. The van der Waals surface area contributed by atoms with Crippen LogP contribution in [0.4, 0.5) is 11.4 Å². The highest BCUT2D eigenvalue weighted by molar-refractivity contribution is 6.04. The van der Waals surface area contributed by atoms with Gasteiger partial charge in [0.2, 0.25) is 0 Å². The lowest BCUT2D eigenvalue weighted by molar-refractivity contribution is 0.102. The SMILES string of the molecule is Cc1ccc(C(=O)Nc2cc(N3CCOCC3)ccc2C)c(=O)[nH]1. The van der Waals surface area contributed by atoms with Crippen LogP contribution in [-0.4, -0.2) is 37.2 Å². The van der Waals surface area contributed by atoms with Gasteiger partial charge in [-0.3, -0.25) is 9.59 Å². The summed E-state index contributed by atoms with van der Waals surface area (Å²) in [6.07, 6.45) is 0. The van der Waals surface area contributed by atoms with Crippen molar-refractivity contribution < 1.29 is 9.53 Å². The Kier molecular flexibility index (Phi) is 4.66. The number of morpholine rings is 1. The summed E-state index contributed by atoms with van der Waals surface area (Å²) >= 11 is 0. The molecule has 0 aliphatic carbocycles. The quantitative estimate of drug-likeness (QED) is 0.905. The fourth-order valence-electron chi connectivity index (χ4n) is 2.70. The second-order valence-corrected chi connectivity index (χ2v) is 5.94. The summed E-state index contributed by atoms with van der Waals surface area (Å²) in [6.45, 7) is 6.77. The van der Waals surface area contributed by atoms with E-state index in [0.717, 1.165) is 30.0 Å². The Morgan fingerprint density at radius 1 is 1.17 bits per heavy atom. The van der Waals surface area contributed by atoms with Gasteiger partial charge in [-0.1, -0.05) is 6.07 Å². The number of hydrogen-bond acceptors (Lipinski definition) is 4. The van der Waals surface area contributed by atoms with Crippen molar-refractivity contribution in [3.05, 3.63) is 57.5 Å². The Morgan fingerprint density at radius 2 is 1.92 bits per heavy atom. The summed E-state index contributed by atoms with van der Waals surface area (Å²) < 4.78 is 5.37. The molecule has 1 fully saturated rings. The first kappa shape index (κ1) is 16.3. The number of aryl methyl sites for hydroxylation is 2. The minimum atomic E-state index is -0.404. The number of H-pyrrole nitrogens is 1. The van der Waals surface area contributed by atoms with Crippen LogP contribution in [0.2, 0.25) is 0 Å². The molecule has 6 nitrogen and oxygen atoms in total. The van der Waals surface area contributed by atoms with Crippen LogP contribution in [0.5, 0.6) is 0 Å². The molecule has 0 spiro atoms. The molecule has 0 unspecified atom stereocenters. The summed E-state index contributed by atoms with van der Waals surface area (Å²) in [5.74, 6) is -0.404. The van der Waals surface area contributed by atoms with Gasteiger partial charge in [0.1, 0.15) is 5.56 Å². The number of hydrogen-bond donors (Lipinski definition) is 2. The van der Waals surface area contributed by atoms with Crippen LogP contribution < -0.4 is 15.8 Å². The van der Waals surface area contributed by atoms with Crippen molar-refractivity contribution >= 4 is 17.3 Å². The maximum Gasteiger partial charge on any atom is 0.261 e. The largest absolute Gasteiger partial charge is 0.378 e. The molecule has 2 aromatic rings. The average molecular weight is 327 g/mol. The van der Waals surface area contributed by atoms with E-state index in [1.165, 1.54) is 0 Å². The molecule has 6 heteroatoms. The maximum atomic E-state index is 12.4. The van der Waals surface area contributed by atoms with Gasteiger partial charge in [-0.15, -0.1) is 0 Å². The zero-order valence-corrected chi connectivity index (χ0v) is 13.9. The minimum Gasteiger partial charge on any atom is -0.378 e. The molecule has 3 rings (SSSR count). The number of ether oxygens (including phenoxy) is 1. The molecule has 2 N–H and O–H groups in total. The van der Waals surface area contributed by atoms with E-state index in [1.807, 2.05) is 25.1 Å². The monoisotopic (exact) mass is 327 g/mol. The van der Waals surface area contributed by atoms with E-state index >= 15 is 0 Å². The third-order valence-electron chi connectivity index (χ3n) is 4.15. The second kappa shape index (κ2) is 6.88. The highest BCUT2D eigenvalue weighted by Crippen LogP contribution is 2.24. The first-order valence-corrected chi connectivity index (χ1v) is 7.99. The zero-order chi connectivity index (χ0) is 17.1. The third kappa shape index (κ3) is 3.49. The van der Waals surface area contributed by atoms with Crippen molar-refractivity contribution in [3.63, 3.8) is 0 Å². The number of nitrogens with one attached hydrogen (secondary N) is 2. The molecule has 0 bridgehead atoms. The van der Waals surface area contributed by atoms with Crippen LogP contribution in [0, 0.1) is 13.8 Å². The van der Waals surface area contributed by atoms with E-state index in [9.17, 15) is 9.59 Å². The molecule has 2 heterocycles. The highest BCUT2D eigenvalue weighted by Gasteiger charge is 2.15. The Balaban J connectivity index is 1.83. The van der Waals surface area contributed by atoms with Gasteiger partial charge in [-0.25, -0.2) is 0 Å². The van der Waals surface area contributed by atoms with Crippen LogP contribution in [-0.2, 0) is 4.74 Å². The van der Waals surface area contributed by atoms with Crippen molar-refractivity contribution in [3.8, 4) is 0 Å². The van der Waals surface area contributed by atoms with Crippen molar-refractivity contribution in [1.29, 1.82) is 0 Å². The summed E-state index contributed by atoms with van der Waals surface area (Å²) in [6, 6.07) is 9.22. The molecule has 1 saturated heterocycles. The lowest BCUT2D eigenvalue weighted by Gasteiger charge is -2.29. The normalized spacial score (nSPS) is 14.5. The molecule has 1 aromatic carbocycles. The minimum absolute atomic E-state index is 0.108. The molecular weight excluding hydrogens is 306 g/mol. The van der Waals surface area contributed by atoms with Crippen LogP contribution >= 0.6 is 0 Å². The lowest BCUT2D eigenvalue weighted by atomic mass is 10.1. The fourth-order valence-corrected chi connectivity index (χ4v) is 2.70. The highest BCUT2D eigenvalue weighted by atomic mass is 16.5. The first-order chi connectivity index (χ1) is 11.5. The number of amides is 1. The van der Waals surface area contributed by atoms with Crippen LogP contribution in [0.15, 0.2) is 35.1 Å². The molecule has 126 valence electrons. The van der Waals surface area contributed by atoms with Gasteiger partial charge in [0.25, 0.3) is 11.5 Å². The third-order valence-corrected chi connectivity index (χ3v) is 4.15. The van der Waals surface area contributed by atoms with E-state index in [2.05, 4.69) is 15.2 Å². The van der Waals surface area contributed by atoms with Crippen molar-refractivity contribution in [2.45, 2.75) is 13.8 Å². The van der Waals surface area contributed by atoms with Gasteiger partial charge in [-0.2, -0.15) is 0 Å². The van der Waals surface area contributed by atoms with E-state index in [0.29, 0.717) is 18.9 Å². The summed E-state index contributed by atoms with van der Waals surface area (Å²) in [5.41, 5.74) is 3.15. The zero-order valence-electron chi connectivity index (χ0n) is 13.9. The van der Waals surface area contributed by atoms with Crippen molar-refractivity contribution in [2.24, 2.45) is 0 Å². The Labute approximate surface area is 140 Å². The molecular formula is C18H21N3O3. The Morgan fingerprint density at radius 3 is 2.62 bits per heavy atom. The van der Waals surface area contributed by atoms with E-state index < -0.39 is 5.91 Å². The number of carbonyl (C=O) groups is 1. The topological polar surface area (TPSA) is 74.4 Å². The number of nitrogens with zero attached hydrogens (tertiary/aromatic N) is 1. The number of aromatic nitrogens is 1. The number of aromatic amines is 1. The standard InChI is InChI=1S/C18H21N3O3/c1-12-3-5-14(21-7-9-24-10-8-21)11-16(12)20-18(23)15-6-4-13(2)19-17(15)22/h3-6,11H,7-10H2,1-2H3,(H,19,22)(H,20,23). The first-order valence-electron chi connectivity index (χ1n) is 7.99. The molecule has 0 atom stereocenters. The van der Waals surface area contributed by atoms with Crippen LogP contribution in [0.3, 0.4) is 0 Å². The average Bonchev–Trinajstić information content (AvgIpc) is 2.57. The van der Waals surface area contributed by atoms with E-state index in [-0.39, 0.29) is 11.1 Å². The number of rotatable bonds is 3. The summed E-state index contributed by atoms with van der Waals surface area (Å²) in [4.78, 5) is 29.2. The van der Waals surface area contributed by atoms with Gasteiger partial charge < -0.3 is 19.9 Å². The molecule has 0 saturated carbocycles. The van der Waals surface area contributed by atoms with E-state index in [1.54, 1.807) is 19.1 Å². The van der Waals surface area contributed by atoms with Crippen molar-refractivity contribution in [2.75, 3.05) is 36.5 Å². The van der Waals surface area contributed by atoms with Crippen LogP contribution in [0.1, 0.15) is 21.6 Å². The maximum absolute atomic E-state index is 12.4. The number of benzene rings is 1. The Hall–Kier alpha value is -2.60. The molecule has 1 aromatic heterocycles. The predicted octanol–water partition coefficient (Wildman–Crippen LogP) is 2.08. The van der Waals surface area contributed by atoms with Gasteiger partial charge in [0.15, 0.2) is 0 Å². The second-order valence-electron chi connectivity index (χ2n) is 5.94. The fraction of sp³-hybridized carbons (Fsp3) is 0.333. The lowest BCUT2D eigenvalue weighted by Crippen LogP contribution is -2.36.